The third kappa shape index (κ3) is 4.82. The van der Waals surface area contributed by atoms with E-state index in [0.717, 1.165) is 0 Å². The van der Waals surface area contributed by atoms with Crippen molar-refractivity contribution < 1.29 is 13.9 Å². The van der Waals surface area contributed by atoms with E-state index in [1.807, 2.05) is 13.8 Å². The number of aliphatic hydroxyl groups excluding tert-OH is 1. The van der Waals surface area contributed by atoms with Crippen molar-refractivity contribution in [2.75, 3.05) is 5.32 Å². The van der Waals surface area contributed by atoms with E-state index in [1.54, 1.807) is 48.9 Å². The lowest BCUT2D eigenvalue weighted by atomic mass is 10.0. The van der Waals surface area contributed by atoms with Crippen LogP contribution in [0.15, 0.2) is 67.1 Å². The first-order chi connectivity index (χ1) is 18.9. The Bertz CT molecular complexity index is 1810. The predicted octanol–water partition coefficient (Wildman–Crippen LogP) is 6.28. The molecular formula is C29H25F2N7O. The van der Waals surface area contributed by atoms with Crippen LogP contribution in [0.2, 0.25) is 0 Å². The Morgan fingerprint density at radius 3 is 2.67 bits per heavy atom. The first-order valence-corrected chi connectivity index (χ1v) is 12.5. The van der Waals surface area contributed by atoms with Crippen molar-refractivity contribution in [1.82, 2.24) is 30.1 Å². The number of imidazole rings is 1. The van der Waals surface area contributed by atoms with Gasteiger partial charge in [-0.1, -0.05) is 26.0 Å². The number of pyridine rings is 2. The number of nitrogens with zero attached hydrogens (tertiary/aromatic N) is 4. The van der Waals surface area contributed by atoms with Gasteiger partial charge in [-0.05, 0) is 42.7 Å². The van der Waals surface area contributed by atoms with Crippen LogP contribution < -0.4 is 5.32 Å². The van der Waals surface area contributed by atoms with Crippen LogP contribution in [0.4, 0.5) is 14.5 Å². The molecule has 0 saturated carbocycles. The number of anilines is 1. The second-order valence-corrected chi connectivity index (χ2v) is 9.85. The molecule has 1 unspecified atom stereocenters. The van der Waals surface area contributed by atoms with Gasteiger partial charge < -0.3 is 15.4 Å². The molecule has 0 amide bonds. The third-order valence-electron chi connectivity index (χ3n) is 6.45. The highest BCUT2D eigenvalue weighted by atomic mass is 19.1. The Kier molecular flexibility index (Phi) is 6.24. The van der Waals surface area contributed by atoms with E-state index < -0.39 is 12.0 Å². The molecule has 39 heavy (non-hydrogen) atoms. The maximum Gasteiger partial charge on any atom is 0.159 e. The molecule has 0 aliphatic carbocycles. The van der Waals surface area contributed by atoms with E-state index >= 15 is 4.39 Å². The lowest BCUT2D eigenvalue weighted by molar-refractivity contribution is 0.176. The predicted molar refractivity (Wildman–Crippen MR) is 147 cm³/mol. The summed E-state index contributed by atoms with van der Waals surface area (Å²) in [5.41, 5.74) is 4.89. The molecule has 0 aliphatic heterocycles. The lowest BCUT2D eigenvalue weighted by Crippen LogP contribution is -2.20. The summed E-state index contributed by atoms with van der Waals surface area (Å²) in [5, 5.41) is 21.2. The van der Waals surface area contributed by atoms with Crippen LogP contribution in [-0.2, 0) is 0 Å². The molecular weight excluding hydrogens is 500 g/mol. The van der Waals surface area contributed by atoms with Gasteiger partial charge in [0, 0.05) is 40.5 Å². The molecule has 0 bridgehead atoms. The molecule has 8 nitrogen and oxygen atoms in total. The number of benzene rings is 2. The minimum Gasteiger partial charge on any atom is -0.374 e. The minimum atomic E-state index is -0.741. The molecule has 4 aromatic heterocycles. The summed E-state index contributed by atoms with van der Waals surface area (Å²) in [4.78, 5) is 16.7. The highest BCUT2D eigenvalue weighted by molar-refractivity contribution is 5.97. The Morgan fingerprint density at radius 1 is 0.974 bits per heavy atom. The molecule has 10 heteroatoms. The van der Waals surface area contributed by atoms with Crippen molar-refractivity contribution in [3.8, 4) is 33.9 Å². The SMILES string of the molecule is CC(C)CC(O)Nc1cncc(-c2cc3c(-c4nc5c(-c6cccc(F)c6)nccc5[nH]4)n[nH]c3cc2F)c1. The van der Waals surface area contributed by atoms with Crippen molar-refractivity contribution >= 4 is 27.6 Å². The zero-order valence-corrected chi connectivity index (χ0v) is 21.2. The number of fused-ring (bicyclic) bond motifs is 2. The van der Waals surface area contributed by atoms with Crippen LogP contribution in [0.1, 0.15) is 20.3 Å². The van der Waals surface area contributed by atoms with Crippen molar-refractivity contribution in [1.29, 1.82) is 0 Å². The second-order valence-electron chi connectivity index (χ2n) is 9.85. The van der Waals surface area contributed by atoms with Gasteiger partial charge in [0.05, 0.1) is 28.6 Å². The molecule has 196 valence electrons. The Balaban J connectivity index is 1.41. The Morgan fingerprint density at radius 2 is 1.85 bits per heavy atom. The molecule has 2 aromatic carbocycles. The zero-order valence-electron chi connectivity index (χ0n) is 21.2. The number of aromatic nitrogens is 6. The highest BCUT2D eigenvalue weighted by Gasteiger charge is 2.19. The smallest absolute Gasteiger partial charge is 0.159 e. The summed E-state index contributed by atoms with van der Waals surface area (Å²) in [6.45, 7) is 4.04. The molecule has 1 atom stereocenters. The third-order valence-corrected chi connectivity index (χ3v) is 6.45. The number of aromatic amines is 2. The molecule has 4 N–H and O–H groups in total. The fourth-order valence-corrected chi connectivity index (χ4v) is 4.70. The molecule has 0 saturated heterocycles. The van der Waals surface area contributed by atoms with Crippen LogP contribution in [0, 0.1) is 17.6 Å². The van der Waals surface area contributed by atoms with Crippen LogP contribution >= 0.6 is 0 Å². The van der Waals surface area contributed by atoms with Crippen LogP contribution in [0.3, 0.4) is 0 Å². The van der Waals surface area contributed by atoms with E-state index in [0.29, 0.717) is 73.9 Å². The summed E-state index contributed by atoms with van der Waals surface area (Å²) >= 11 is 0. The first kappa shape index (κ1) is 24.6. The Hall–Kier alpha value is -4.70. The fourth-order valence-electron chi connectivity index (χ4n) is 4.70. The molecule has 0 radical (unpaired) electrons. The van der Waals surface area contributed by atoms with Gasteiger partial charge in [0.15, 0.2) is 5.82 Å². The van der Waals surface area contributed by atoms with Gasteiger partial charge in [-0.25, -0.2) is 13.8 Å². The minimum absolute atomic E-state index is 0.307. The zero-order chi connectivity index (χ0) is 27.1. The largest absolute Gasteiger partial charge is 0.374 e. The summed E-state index contributed by atoms with van der Waals surface area (Å²) in [6, 6.07) is 12.8. The van der Waals surface area contributed by atoms with Gasteiger partial charge in [-0.15, -0.1) is 0 Å². The van der Waals surface area contributed by atoms with Gasteiger partial charge in [0.1, 0.15) is 29.1 Å². The van der Waals surface area contributed by atoms with Crippen LogP contribution in [-0.4, -0.2) is 41.5 Å². The normalized spacial score (nSPS) is 12.5. The number of hydrogen-bond acceptors (Lipinski definition) is 6. The van der Waals surface area contributed by atoms with Crippen LogP contribution in [0.5, 0.6) is 0 Å². The number of nitrogens with one attached hydrogen (secondary N) is 3. The monoisotopic (exact) mass is 525 g/mol. The molecule has 6 rings (SSSR count). The maximum atomic E-state index is 15.2. The number of aliphatic hydroxyl groups is 1. The Labute approximate surface area is 222 Å². The van der Waals surface area contributed by atoms with Crippen molar-refractivity contribution in [3.63, 3.8) is 0 Å². The van der Waals surface area contributed by atoms with E-state index in [-0.39, 0.29) is 5.82 Å². The average Bonchev–Trinajstić information content (AvgIpc) is 3.51. The van der Waals surface area contributed by atoms with Gasteiger partial charge in [0.25, 0.3) is 0 Å². The average molecular weight is 526 g/mol. The summed E-state index contributed by atoms with van der Waals surface area (Å²) in [7, 11) is 0. The quantitative estimate of drug-likeness (QED) is 0.182. The summed E-state index contributed by atoms with van der Waals surface area (Å²) < 4.78 is 29.1. The van der Waals surface area contributed by atoms with E-state index in [9.17, 15) is 9.50 Å². The number of H-pyrrole nitrogens is 2. The lowest BCUT2D eigenvalue weighted by Gasteiger charge is -2.16. The second kappa shape index (κ2) is 9.88. The van der Waals surface area contributed by atoms with E-state index in [1.165, 1.54) is 18.2 Å². The van der Waals surface area contributed by atoms with Gasteiger partial charge in [-0.2, -0.15) is 5.10 Å². The molecule has 6 aromatic rings. The maximum absolute atomic E-state index is 15.2. The summed E-state index contributed by atoms with van der Waals surface area (Å²) in [6.07, 6.45) is 4.62. The molecule has 0 fully saturated rings. The first-order valence-electron chi connectivity index (χ1n) is 12.5. The van der Waals surface area contributed by atoms with Crippen molar-refractivity contribution in [3.05, 3.63) is 78.8 Å². The fraction of sp³-hybridized carbons (Fsp3) is 0.172. The van der Waals surface area contributed by atoms with Gasteiger partial charge in [-0.3, -0.25) is 15.1 Å². The van der Waals surface area contributed by atoms with E-state index in [2.05, 4.69) is 30.5 Å². The molecule has 0 spiro atoms. The highest BCUT2D eigenvalue weighted by Crippen LogP contribution is 2.34. The van der Waals surface area contributed by atoms with Gasteiger partial charge >= 0.3 is 0 Å². The topological polar surface area (TPSA) is 115 Å². The van der Waals surface area contributed by atoms with Gasteiger partial charge in [0.2, 0.25) is 0 Å². The number of hydrogen-bond donors (Lipinski definition) is 4. The standard InChI is InChI=1S/C29H25F2N7O/c1-15(2)8-25(39)34-19-10-17(13-32-14-19)20-11-21-24(12-22(20)31)37-38-27(21)29-35-23-6-7-33-26(28(23)36-29)16-4-3-5-18(30)9-16/h3-7,9-15,25,34,39H,8H2,1-2H3,(H,35,36)(H,37,38). The van der Waals surface area contributed by atoms with Crippen molar-refractivity contribution in [2.45, 2.75) is 26.5 Å². The number of rotatable bonds is 7. The summed E-state index contributed by atoms with van der Waals surface area (Å²) in [5.74, 6) is -0.0357. The van der Waals surface area contributed by atoms with Crippen molar-refractivity contribution in [2.24, 2.45) is 5.92 Å². The molecule has 0 aliphatic rings. The van der Waals surface area contributed by atoms with E-state index in [4.69, 9.17) is 4.98 Å². The molecule has 4 heterocycles. The number of halogens is 2. The van der Waals surface area contributed by atoms with Crippen LogP contribution in [0.25, 0.3) is 55.8 Å².